The van der Waals surface area contributed by atoms with Crippen molar-refractivity contribution < 1.29 is 14.3 Å². The summed E-state index contributed by atoms with van der Waals surface area (Å²) in [7, 11) is 3.29. The van der Waals surface area contributed by atoms with Gasteiger partial charge < -0.3 is 14.4 Å². The van der Waals surface area contributed by atoms with Gasteiger partial charge in [-0.25, -0.2) is 0 Å². The van der Waals surface area contributed by atoms with Crippen molar-refractivity contribution in [2.24, 2.45) is 0 Å². The predicted molar refractivity (Wildman–Crippen MR) is 92.2 cm³/mol. The smallest absolute Gasteiger partial charge is 0.223 e. The van der Waals surface area contributed by atoms with E-state index in [0.29, 0.717) is 18.5 Å². The molecule has 3 atom stereocenters. The summed E-state index contributed by atoms with van der Waals surface area (Å²) in [6.45, 7) is 6.40. The minimum atomic E-state index is 0.115. The lowest BCUT2D eigenvalue weighted by Crippen LogP contribution is -2.47. The molecule has 0 spiro atoms. The van der Waals surface area contributed by atoms with E-state index >= 15 is 0 Å². The Bertz CT molecular complexity index is 533. The van der Waals surface area contributed by atoms with E-state index in [1.807, 2.05) is 18.2 Å². The highest BCUT2D eigenvalue weighted by atomic mass is 16.5. The summed E-state index contributed by atoms with van der Waals surface area (Å²) in [5, 5.41) is 0. The molecule has 0 radical (unpaired) electrons. The van der Waals surface area contributed by atoms with Crippen LogP contribution in [0.1, 0.15) is 57.9 Å². The van der Waals surface area contributed by atoms with Crippen molar-refractivity contribution in [1.29, 1.82) is 0 Å². The van der Waals surface area contributed by atoms with Gasteiger partial charge in [0.2, 0.25) is 5.91 Å². The Morgan fingerprint density at radius 1 is 1.22 bits per heavy atom. The van der Waals surface area contributed by atoms with Crippen LogP contribution in [0, 0.1) is 0 Å². The number of nitrogens with zero attached hydrogens (tertiary/aromatic N) is 1. The van der Waals surface area contributed by atoms with Crippen molar-refractivity contribution >= 4 is 5.91 Å². The SMILES string of the molecule is COc1ccc(C(C)CC(=O)N2C(C)CCCC2C)c(OC)c1. The van der Waals surface area contributed by atoms with Crippen LogP contribution in [-0.4, -0.2) is 37.1 Å². The van der Waals surface area contributed by atoms with Crippen LogP contribution in [0.15, 0.2) is 18.2 Å². The molecular weight excluding hydrogens is 290 g/mol. The van der Waals surface area contributed by atoms with Gasteiger partial charge in [-0.2, -0.15) is 0 Å². The topological polar surface area (TPSA) is 38.8 Å². The largest absolute Gasteiger partial charge is 0.497 e. The maximum absolute atomic E-state index is 12.8. The monoisotopic (exact) mass is 319 g/mol. The van der Waals surface area contributed by atoms with E-state index in [1.54, 1.807) is 14.2 Å². The number of carbonyl (C=O) groups excluding carboxylic acids is 1. The van der Waals surface area contributed by atoms with E-state index in [2.05, 4.69) is 25.7 Å². The van der Waals surface area contributed by atoms with Gasteiger partial charge in [-0.15, -0.1) is 0 Å². The van der Waals surface area contributed by atoms with E-state index in [-0.39, 0.29) is 11.8 Å². The van der Waals surface area contributed by atoms with Gasteiger partial charge in [0.05, 0.1) is 14.2 Å². The minimum absolute atomic E-state index is 0.115. The normalized spacial score (nSPS) is 22.6. The van der Waals surface area contributed by atoms with E-state index in [0.717, 1.165) is 29.9 Å². The number of amides is 1. The molecule has 2 rings (SSSR count). The number of carbonyl (C=O) groups is 1. The molecule has 1 aliphatic rings. The van der Waals surface area contributed by atoms with Gasteiger partial charge in [-0.05, 0) is 50.7 Å². The maximum atomic E-state index is 12.8. The average Bonchev–Trinajstić information content (AvgIpc) is 2.53. The van der Waals surface area contributed by atoms with Crippen LogP contribution >= 0.6 is 0 Å². The Kier molecular flexibility index (Phi) is 5.91. The van der Waals surface area contributed by atoms with Crippen molar-refractivity contribution in [2.45, 2.75) is 64.5 Å². The van der Waals surface area contributed by atoms with Gasteiger partial charge >= 0.3 is 0 Å². The van der Waals surface area contributed by atoms with Crippen LogP contribution < -0.4 is 9.47 Å². The first-order valence-corrected chi connectivity index (χ1v) is 8.51. The quantitative estimate of drug-likeness (QED) is 0.824. The third-order valence-corrected chi connectivity index (χ3v) is 4.93. The fourth-order valence-electron chi connectivity index (χ4n) is 3.62. The Hall–Kier alpha value is -1.71. The van der Waals surface area contributed by atoms with Crippen LogP contribution in [0.3, 0.4) is 0 Å². The van der Waals surface area contributed by atoms with Crippen molar-refractivity contribution in [3.63, 3.8) is 0 Å². The van der Waals surface area contributed by atoms with Gasteiger partial charge in [0.15, 0.2) is 0 Å². The lowest BCUT2D eigenvalue weighted by atomic mass is 9.93. The predicted octanol–water partition coefficient (Wildman–Crippen LogP) is 3.99. The number of ether oxygens (including phenoxy) is 2. The van der Waals surface area contributed by atoms with Gasteiger partial charge in [0, 0.05) is 24.6 Å². The lowest BCUT2D eigenvalue weighted by Gasteiger charge is -2.39. The molecule has 1 saturated heterocycles. The van der Waals surface area contributed by atoms with Gasteiger partial charge in [0.1, 0.15) is 11.5 Å². The molecule has 0 saturated carbocycles. The molecule has 0 N–H and O–H groups in total. The second kappa shape index (κ2) is 7.71. The molecule has 1 fully saturated rings. The van der Waals surface area contributed by atoms with Crippen LogP contribution in [0.2, 0.25) is 0 Å². The highest BCUT2D eigenvalue weighted by molar-refractivity contribution is 5.78. The maximum Gasteiger partial charge on any atom is 0.223 e. The standard InChI is InChI=1S/C19H29NO3/c1-13(17-10-9-16(22-4)12-18(17)23-5)11-19(21)20-14(2)7-6-8-15(20)3/h9-10,12-15H,6-8,11H2,1-5H3. The number of likely N-dealkylation sites (tertiary alicyclic amines) is 1. The average molecular weight is 319 g/mol. The molecule has 1 aromatic carbocycles. The number of hydrogen-bond donors (Lipinski definition) is 0. The number of benzene rings is 1. The Labute approximate surface area is 139 Å². The van der Waals surface area contributed by atoms with Gasteiger partial charge in [-0.1, -0.05) is 13.0 Å². The first-order chi connectivity index (χ1) is 11.0. The molecule has 3 unspecified atom stereocenters. The fourth-order valence-corrected chi connectivity index (χ4v) is 3.62. The number of hydrogen-bond acceptors (Lipinski definition) is 3. The zero-order valence-corrected chi connectivity index (χ0v) is 15.0. The van der Waals surface area contributed by atoms with Crippen molar-refractivity contribution in [3.8, 4) is 11.5 Å². The lowest BCUT2D eigenvalue weighted by molar-refractivity contribution is -0.137. The van der Waals surface area contributed by atoms with Gasteiger partial charge in [-0.3, -0.25) is 4.79 Å². The minimum Gasteiger partial charge on any atom is -0.497 e. The first kappa shape index (κ1) is 17.6. The molecular formula is C19H29NO3. The van der Waals surface area contributed by atoms with E-state index < -0.39 is 0 Å². The Balaban J connectivity index is 2.12. The highest BCUT2D eigenvalue weighted by Crippen LogP contribution is 2.33. The third kappa shape index (κ3) is 3.98. The molecule has 1 aliphatic heterocycles. The molecule has 4 heteroatoms. The summed E-state index contributed by atoms with van der Waals surface area (Å²) in [6, 6.07) is 6.49. The molecule has 0 aromatic heterocycles. The highest BCUT2D eigenvalue weighted by Gasteiger charge is 2.30. The van der Waals surface area contributed by atoms with Crippen molar-refractivity contribution in [1.82, 2.24) is 4.90 Å². The molecule has 0 bridgehead atoms. The van der Waals surface area contributed by atoms with Crippen LogP contribution in [0.4, 0.5) is 0 Å². The van der Waals surface area contributed by atoms with E-state index in [4.69, 9.17) is 9.47 Å². The molecule has 1 heterocycles. The second-order valence-electron chi connectivity index (χ2n) is 6.64. The first-order valence-electron chi connectivity index (χ1n) is 8.51. The van der Waals surface area contributed by atoms with Gasteiger partial charge in [0.25, 0.3) is 0 Å². The molecule has 23 heavy (non-hydrogen) atoms. The van der Waals surface area contributed by atoms with Crippen LogP contribution in [0.25, 0.3) is 0 Å². The summed E-state index contributed by atoms with van der Waals surface area (Å²) in [5.74, 6) is 1.91. The zero-order chi connectivity index (χ0) is 17.0. The van der Waals surface area contributed by atoms with Crippen LogP contribution in [0.5, 0.6) is 11.5 Å². The molecule has 4 nitrogen and oxygen atoms in total. The van der Waals surface area contributed by atoms with Crippen molar-refractivity contribution in [3.05, 3.63) is 23.8 Å². The number of methoxy groups -OCH3 is 2. The molecule has 1 aromatic rings. The Morgan fingerprint density at radius 3 is 2.43 bits per heavy atom. The number of rotatable bonds is 5. The van der Waals surface area contributed by atoms with E-state index in [1.165, 1.54) is 6.42 Å². The van der Waals surface area contributed by atoms with Crippen molar-refractivity contribution in [2.75, 3.05) is 14.2 Å². The molecule has 128 valence electrons. The summed E-state index contributed by atoms with van der Waals surface area (Å²) in [6.07, 6.45) is 3.94. The summed E-state index contributed by atoms with van der Waals surface area (Å²) in [5.41, 5.74) is 1.05. The van der Waals surface area contributed by atoms with E-state index in [9.17, 15) is 4.79 Å². The summed E-state index contributed by atoms with van der Waals surface area (Å²) < 4.78 is 10.7. The second-order valence-corrected chi connectivity index (χ2v) is 6.64. The van der Waals surface area contributed by atoms with Crippen LogP contribution in [-0.2, 0) is 4.79 Å². The number of piperidine rings is 1. The molecule has 0 aliphatic carbocycles. The zero-order valence-electron chi connectivity index (χ0n) is 15.0. The summed E-state index contributed by atoms with van der Waals surface area (Å²) in [4.78, 5) is 14.9. The summed E-state index contributed by atoms with van der Waals surface area (Å²) >= 11 is 0. The fraction of sp³-hybridized carbons (Fsp3) is 0.632. The molecule has 1 amide bonds. The third-order valence-electron chi connectivity index (χ3n) is 4.93. The Morgan fingerprint density at radius 2 is 1.87 bits per heavy atom.